The van der Waals surface area contributed by atoms with Crippen LogP contribution in [0.2, 0.25) is 0 Å². The zero-order valence-electron chi connectivity index (χ0n) is 32.0. The summed E-state index contributed by atoms with van der Waals surface area (Å²) in [6, 6.07) is 7.53. The highest BCUT2D eigenvalue weighted by Gasteiger charge is 2.25. The summed E-state index contributed by atoms with van der Waals surface area (Å²) < 4.78 is 21.6. The number of rotatable bonds is 11. The number of piperazine rings is 1. The lowest BCUT2D eigenvalue weighted by Gasteiger charge is -2.35. The Hall–Kier alpha value is -4.73. The number of carbonyl (C=O) groups is 1. The summed E-state index contributed by atoms with van der Waals surface area (Å²) in [5.41, 5.74) is 13.6. The number of ether oxygens (including phenoxy) is 4. The predicted molar refractivity (Wildman–Crippen MR) is 209 cm³/mol. The van der Waals surface area contributed by atoms with Crippen molar-refractivity contribution in [2.24, 2.45) is 27.4 Å². The number of aliphatic imine (C=N–C) groups is 2. The third-order valence-corrected chi connectivity index (χ3v) is 8.94. The van der Waals surface area contributed by atoms with Gasteiger partial charge in [0.1, 0.15) is 18.0 Å². The molecule has 0 spiro atoms. The van der Waals surface area contributed by atoms with Gasteiger partial charge in [0.2, 0.25) is 5.91 Å². The van der Waals surface area contributed by atoms with E-state index < -0.39 is 0 Å². The van der Waals surface area contributed by atoms with Gasteiger partial charge in [-0.2, -0.15) is 0 Å². The van der Waals surface area contributed by atoms with E-state index in [1.807, 2.05) is 45.3 Å². The van der Waals surface area contributed by atoms with Crippen molar-refractivity contribution >= 4 is 40.9 Å². The van der Waals surface area contributed by atoms with E-state index in [1.54, 1.807) is 39.7 Å². The molecule has 0 bridgehead atoms. The predicted octanol–water partition coefficient (Wildman–Crippen LogP) is 2.95. The van der Waals surface area contributed by atoms with E-state index in [0.29, 0.717) is 61.6 Å². The quantitative estimate of drug-likeness (QED) is 0.195. The smallest absolute Gasteiger partial charge is 0.236 e. The van der Waals surface area contributed by atoms with Crippen LogP contribution in [0.1, 0.15) is 31.7 Å². The van der Waals surface area contributed by atoms with Crippen molar-refractivity contribution in [1.29, 1.82) is 0 Å². The molecule has 3 heterocycles. The van der Waals surface area contributed by atoms with Crippen LogP contribution in [0, 0.1) is 5.92 Å². The summed E-state index contributed by atoms with van der Waals surface area (Å²) in [6.07, 6.45) is 4.93. The Bertz CT molecular complexity index is 1610. The molecule has 3 aromatic rings. The molecule has 15 heteroatoms. The lowest BCUT2D eigenvalue weighted by Crippen LogP contribution is -2.50. The van der Waals surface area contributed by atoms with Crippen molar-refractivity contribution in [1.82, 2.24) is 25.1 Å². The molecule has 52 heavy (non-hydrogen) atoms. The number of methoxy groups -OCH3 is 4. The van der Waals surface area contributed by atoms with Gasteiger partial charge < -0.3 is 50.4 Å². The fourth-order valence-corrected chi connectivity index (χ4v) is 6.27. The first-order valence-electron chi connectivity index (χ1n) is 17.7. The Labute approximate surface area is 308 Å². The van der Waals surface area contributed by atoms with Crippen molar-refractivity contribution in [3.8, 4) is 23.0 Å². The Balaban J connectivity index is 0.000000261. The summed E-state index contributed by atoms with van der Waals surface area (Å²) in [5, 5.41) is 3.65. The number of carbonyl (C=O) groups excluding carboxylic acids is 1. The second-order valence-electron chi connectivity index (χ2n) is 12.2. The second kappa shape index (κ2) is 21.6. The number of anilines is 1. The first-order chi connectivity index (χ1) is 25.3. The van der Waals surface area contributed by atoms with Gasteiger partial charge in [-0.15, -0.1) is 0 Å². The number of aromatic nitrogens is 2. The minimum absolute atomic E-state index is 0.0198. The highest BCUT2D eigenvalue weighted by molar-refractivity contribution is 6.04. The van der Waals surface area contributed by atoms with Crippen LogP contribution >= 0.6 is 0 Å². The number of likely N-dealkylation sites (tertiary alicyclic amines) is 1. The fourth-order valence-electron chi connectivity index (χ4n) is 6.27. The average Bonchev–Trinajstić information content (AvgIpc) is 3.19. The number of amidine groups is 1. The van der Waals surface area contributed by atoms with Gasteiger partial charge in [-0.1, -0.05) is 0 Å². The molecule has 0 radical (unpaired) electrons. The average molecular weight is 723 g/mol. The lowest BCUT2D eigenvalue weighted by atomic mass is 9.93. The van der Waals surface area contributed by atoms with Crippen LogP contribution in [0.4, 0.5) is 11.5 Å². The first-order valence-corrected chi connectivity index (χ1v) is 17.7. The van der Waals surface area contributed by atoms with Crippen LogP contribution in [-0.2, 0) is 4.79 Å². The van der Waals surface area contributed by atoms with E-state index in [1.165, 1.54) is 0 Å². The molecule has 2 fully saturated rings. The largest absolute Gasteiger partial charge is 0.493 e. The molecule has 0 atom stereocenters. The van der Waals surface area contributed by atoms with Gasteiger partial charge in [-0.05, 0) is 71.6 Å². The molecule has 1 amide bonds. The molecule has 15 nitrogen and oxygen atoms in total. The molecule has 5 rings (SSSR count). The fraction of sp³-hybridized carbons (Fsp3) is 0.541. The Morgan fingerprint density at radius 2 is 1.44 bits per heavy atom. The van der Waals surface area contributed by atoms with E-state index in [9.17, 15) is 4.79 Å². The number of hydrogen-bond acceptors (Lipinski definition) is 13. The van der Waals surface area contributed by atoms with E-state index in [2.05, 4.69) is 36.8 Å². The summed E-state index contributed by atoms with van der Waals surface area (Å²) in [5.74, 6) is 5.07. The van der Waals surface area contributed by atoms with Crippen molar-refractivity contribution in [2.75, 3.05) is 106 Å². The van der Waals surface area contributed by atoms with Crippen molar-refractivity contribution in [3.05, 3.63) is 36.2 Å². The van der Waals surface area contributed by atoms with Gasteiger partial charge in [-0.3, -0.25) is 14.8 Å². The molecule has 286 valence electrons. The zero-order chi connectivity index (χ0) is 38.0. The molecule has 2 aliphatic heterocycles. The number of amides is 1. The number of nitrogens with zero attached hydrogens (tertiary/aromatic N) is 7. The third-order valence-electron chi connectivity index (χ3n) is 8.94. The molecule has 1 aromatic heterocycles. The summed E-state index contributed by atoms with van der Waals surface area (Å²) >= 11 is 0. The lowest BCUT2D eigenvalue weighted by molar-refractivity contribution is -0.129. The number of hydrogen-bond donors (Lipinski definition) is 3. The number of fused-ring (bicyclic) bond motifs is 1. The number of piperidine rings is 1. The maximum atomic E-state index is 11.7. The molecule has 2 aliphatic rings. The van der Waals surface area contributed by atoms with Crippen LogP contribution in [0.15, 0.2) is 40.6 Å². The highest BCUT2D eigenvalue weighted by Crippen LogP contribution is 2.37. The van der Waals surface area contributed by atoms with Crippen molar-refractivity contribution in [3.63, 3.8) is 0 Å². The second-order valence-corrected chi connectivity index (χ2v) is 12.2. The monoisotopic (exact) mass is 722 g/mol. The zero-order valence-corrected chi connectivity index (χ0v) is 32.0. The maximum absolute atomic E-state index is 11.7. The van der Waals surface area contributed by atoms with E-state index in [0.717, 1.165) is 72.7 Å². The summed E-state index contributed by atoms with van der Waals surface area (Å²) in [4.78, 5) is 35.7. The molecule has 2 saturated heterocycles. The van der Waals surface area contributed by atoms with Gasteiger partial charge in [0.05, 0.1) is 46.2 Å². The molecule has 0 saturated carbocycles. The Morgan fingerprint density at radius 3 is 1.98 bits per heavy atom. The van der Waals surface area contributed by atoms with E-state index >= 15 is 0 Å². The third kappa shape index (κ3) is 10.7. The SMILES string of the molecule is C=Nc1cc(OC)c(OC)cc1C(=NCC)N1CCC(CCN)CC1.CNC.COc1cc2ncnc(N3CCN(C(=O)CN)CC3)c2cc1OC. The molecular weight excluding hydrogens is 664 g/mol. The van der Waals surface area contributed by atoms with Gasteiger partial charge in [0.25, 0.3) is 0 Å². The Morgan fingerprint density at radius 1 is 0.865 bits per heavy atom. The molecular formula is C37H58N10O5. The molecule has 0 unspecified atom stereocenters. The van der Waals surface area contributed by atoms with Crippen LogP contribution in [0.5, 0.6) is 23.0 Å². The highest BCUT2D eigenvalue weighted by atomic mass is 16.5. The summed E-state index contributed by atoms with van der Waals surface area (Å²) in [7, 11) is 10.2. The minimum atomic E-state index is -0.0198. The topological polar surface area (TPSA) is 178 Å². The number of nitrogens with two attached hydrogens (primary N) is 2. The van der Waals surface area contributed by atoms with Gasteiger partial charge in [-0.25, -0.2) is 9.97 Å². The minimum Gasteiger partial charge on any atom is -0.493 e. The van der Waals surface area contributed by atoms with Crippen molar-refractivity contribution in [2.45, 2.75) is 26.2 Å². The molecule has 5 N–H and O–H groups in total. The number of nitrogens with one attached hydrogen (secondary N) is 1. The molecule has 0 aliphatic carbocycles. The van der Waals surface area contributed by atoms with Crippen LogP contribution in [0.25, 0.3) is 10.9 Å². The Kier molecular flexibility index (Phi) is 17.3. The number of benzene rings is 2. The van der Waals surface area contributed by atoms with Crippen LogP contribution < -0.4 is 40.6 Å². The maximum Gasteiger partial charge on any atom is 0.236 e. The molecule has 2 aromatic carbocycles. The van der Waals surface area contributed by atoms with Crippen LogP contribution in [-0.4, -0.2) is 140 Å². The van der Waals surface area contributed by atoms with Crippen LogP contribution in [0.3, 0.4) is 0 Å². The van der Waals surface area contributed by atoms with Crippen molar-refractivity contribution < 1.29 is 23.7 Å². The van der Waals surface area contributed by atoms with Gasteiger partial charge in [0, 0.05) is 68.9 Å². The normalized spacial score (nSPS) is 14.9. The van der Waals surface area contributed by atoms with E-state index in [-0.39, 0.29) is 12.5 Å². The standard InChI is InChI=1S/C19H30N4O2.C16H21N5O3.C2H7N/c1-5-22-19(23-10-7-14(6-9-20)8-11-23)15-12-17(24-3)18(25-4)13-16(15)21-2;1-23-13-7-11-12(8-14(13)24-2)18-10-19-16(11)21-5-3-20(4-6-21)15(22)9-17;1-3-2/h12-14H,2,5-11,20H2,1,3-4H3;7-8,10H,3-6,9,17H2,1-2H3;3H,1-2H3. The first kappa shape index (κ1) is 41.7. The summed E-state index contributed by atoms with van der Waals surface area (Å²) in [6.45, 7) is 11.9. The van der Waals surface area contributed by atoms with Gasteiger partial charge in [0.15, 0.2) is 23.0 Å². The van der Waals surface area contributed by atoms with Gasteiger partial charge >= 0.3 is 0 Å². The van der Waals surface area contributed by atoms with E-state index in [4.69, 9.17) is 35.4 Å².